The molecule has 24 heavy (non-hydrogen) atoms. The topological polar surface area (TPSA) is 66.5 Å². The average Bonchev–Trinajstić information content (AvgIpc) is 2.55. The number of rotatable bonds is 6. The number of hydrogen-bond acceptors (Lipinski definition) is 3. The summed E-state index contributed by atoms with van der Waals surface area (Å²) in [7, 11) is -3.89. The summed E-state index contributed by atoms with van der Waals surface area (Å²) in [6, 6.07) is 11.1. The summed E-state index contributed by atoms with van der Waals surface area (Å²) in [6.07, 6.45) is 0. The molecular weight excluding hydrogens is 355 g/mol. The maximum Gasteiger partial charge on any atom is 0.243 e. The molecule has 0 radical (unpaired) electrons. The molecule has 8 heteroatoms. The summed E-state index contributed by atoms with van der Waals surface area (Å²) >= 11 is 5.96. The standard InChI is InChI=1S/C16H16ClFN2O3S/c1-2-20(24(22,23)13-9-7-12(18)8-10-13)11-16(21)19-15-6-4-3-5-14(15)17/h3-10H,2,11H2,1H3,(H,19,21). The number of benzene rings is 2. The van der Waals surface area contributed by atoms with E-state index in [0.29, 0.717) is 10.7 Å². The Morgan fingerprint density at radius 3 is 2.38 bits per heavy atom. The van der Waals surface area contributed by atoms with Gasteiger partial charge in [-0.25, -0.2) is 12.8 Å². The lowest BCUT2D eigenvalue weighted by molar-refractivity contribution is -0.116. The average molecular weight is 371 g/mol. The lowest BCUT2D eigenvalue weighted by atomic mass is 10.3. The van der Waals surface area contributed by atoms with Gasteiger partial charge in [-0.05, 0) is 36.4 Å². The van der Waals surface area contributed by atoms with Crippen molar-refractivity contribution < 1.29 is 17.6 Å². The zero-order valence-corrected chi connectivity index (χ0v) is 14.4. The van der Waals surface area contributed by atoms with Crippen molar-refractivity contribution in [2.24, 2.45) is 0 Å². The number of para-hydroxylation sites is 1. The van der Waals surface area contributed by atoms with E-state index in [0.717, 1.165) is 16.4 Å². The van der Waals surface area contributed by atoms with Crippen LogP contribution in [0.1, 0.15) is 6.92 Å². The van der Waals surface area contributed by atoms with Crippen LogP contribution in [-0.4, -0.2) is 31.7 Å². The van der Waals surface area contributed by atoms with E-state index in [4.69, 9.17) is 11.6 Å². The lowest BCUT2D eigenvalue weighted by Gasteiger charge is -2.20. The van der Waals surface area contributed by atoms with Gasteiger partial charge in [-0.1, -0.05) is 30.7 Å². The van der Waals surface area contributed by atoms with Gasteiger partial charge in [0.2, 0.25) is 15.9 Å². The number of amides is 1. The predicted molar refractivity (Wildman–Crippen MR) is 90.9 cm³/mol. The van der Waals surface area contributed by atoms with Gasteiger partial charge >= 0.3 is 0 Å². The van der Waals surface area contributed by atoms with Gasteiger partial charge in [0.05, 0.1) is 22.2 Å². The van der Waals surface area contributed by atoms with Crippen molar-refractivity contribution in [1.29, 1.82) is 0 Å². The third-order valence-corrected chi connectivity index (χ3v) is 5.54. The smallest absolute Gasteiger partial charge is 0.243 e. The fourth-order valence-electron chi connectivity index (χ4n) is 2.03. The molecule has 2 rings (SSSR count). The Kier molecular flexibility index (Phi) is 5.93. The fraction of sp³-hybridized carbons (Fsp3) is 0.188. The van der Waals surface area contributed by atoms with E-state index in [1.165, 1.54) is 12.1 Å². The molecule has 0 bridgehead atoms. The first-order valence-corrected chi connectivity index (χ1v) is 8.96. The second-order valence-corrected chi connectivity index (χ2v) is 7.26. The minimum atomic E-state index is -3.89. The SMILES string of the molecule is CCN(CC(=O)Nc1ccccc1Cl)S(=O)(=O)c1ccc(F)cc1. The molecule has 0 aliphatic carbocycles. The number of nitrogens with zero attached hydrogens (tertiary/aromatic N) is 1. The van der Waals surface area contributed by atoms with Gasteiger partial charge < -0.3 is 5.32 Å². The fourth-order valence-corrected chi connectivity index (χ4v) is 3.62. The molecule has 0 atom stereocenters. The van der Waals surface area contributed by atoms with Gasteiger partial charge in [-0.3, -0.25) is 4.79 Å². The quantitative estimate of drug-likeness (QED) is 0.849. The van der Waals surface area contributed by atoms with Crippen molar-refractivity contribution in [3.8, 4) is 0 Å². The second-order valence-electron chi connectivity index (χ2n) is 4.91. The van der Waals surface area contributed by atoms with Crippen LogP contribution in [0, 0.1) is 5.82 Å². The summed E-state index contributed by atoms with van der Waals surface area (Å²) in [5, 5.41) is 2.93. The van der Waals surface area contributed by atoms with Crippen LogP contribution in [0.2, 0.25) is 5.02 Å². The normalized spacial score (nSPS) is 11.5. The number of likely N-dealkylation sites (N-methyl/N-ethyl adjacent to an activating group) is 1. The number of carbonyl (C=O) groups is 1. The Morgan fingerprint density at radius 2 is 1.79 bits per heavy atom. The van der Waals surface area contributed by atoms with Gasteiger partial charge in [0, 0.05) is 6.54 Å². The van der Waals surface area contributed by atoms with Gasteiger partial charge in [-0.15, -0.1) is 0 Å². The molecule has 0 spiro atoms. The number of sulfonamides is 1. The van der Waals surface area contributed by atoms with Gasteiger partial charge in [0.25, 0.3) is 0 Å². The molecule has 5 nitrogen and oxygen atoms in total. The molecule has 2 aromatic rings. The van der Waals surface area contributed by atoms with E-state index >= 15 is 0 Å². The third-order valence-electron chi connectivity index (χ3n) is 3.27. The second kappa shape index (κ2) is 7.74. The number of hydrogen-bond donors (Lipinski definition) is 1. The van der Waals surface area contributed by atoms with Gasteiger partial charge in [0.15, 0.2) is 0 Å². The Labute approximate surface area is 145 Å². The number of carbonyl (C=O) groups excluding carboxylic acids is 1. The van der Waals surface area contributed by atoms with E-state index in [1.54, 1.807) is 31.2 Å². The van der Waals surface area contributed by atoms with Crippen molar-refractivity contribution in [3.63, 3.8) is 0 Å². The molecule has 0 aromatic heterocycles. The first-order chi connectivity index (χ1) is 11.3. The highest BCUT2D eigenvalue weighted by Gasteiger charge is 2.25. The van der Waals surface area contributed by atoms with Crippen molar-refractivity contribution in [2.75, 3.05) is 18.4 Å². The van der Waals surface area contributed by atoms with Crippen LogP contribution in [0.15, 0.2) is 53.4 Å². The van der Waals surface area contributed by atoms with Crippen LogP contribution in [0.3, 0.4) is 0 Å². The predicted octanol–water partition coefficient (Wildman–Crippen LogP) is 3.13. The molecule has 0 unspecified atom stereocenters. The number of nitrogens with one attached hydrogen (secondary N) is 1. The minimum absolute atomic E-state index is 0.0729. The van der Waals surface area contributed by atoms with Crippen LogP contribution >= 0.6 is 11.6 Å². The zero-order valence-electron chi connectivity index (χ0n) is 12.9. The largest absolute Gasteiger partial charge is 0.324 e. The molecule has 0 fully saturated rings. The van der Waals surface area contributed by atoms with Crippen LogP contribution in [0.4, 0.5) is 10.1 Å². The Morgan fingerprint density at radius 1 is 1.17 bits per heavy atom. The van der Waals surface area contributed by atoms with Gasteiger partial charge in [0.1, 0.15) is 5.82 Å². The maximum absolute atomic E-state index is 13.0. The summed E-state index contributed by atoms with van der Waals surface area (Å²) in [5.41, 5.74) is 0.402. The Balaban J connectivity index is 2.15. The molecule has 0 heterocycles. The first kappa shape index (κ1) is 18.4. The molecular formula is C16H16ClFN2O3S. The van der Waals surface area contributed by atoms with Gasteiger partial charge in [-0.2, -0.15) is 4.31 Å². The molecule has 1 amide bonds. The monoisotopic (exact) mass is 370 g/mol. The molecule has 0 saturated heterocycles. The zero-order chi connectivity index (χ0) is 17.7. The molecule has 0 aliphatic rings. The Hall–Kier alpha value is -1.96. The van der Waals surface area contributed by atoms with Crippen molar-refractivity contribution in [1.82, 2.24) is 4.31 Å². The molecule has 0 aliphatic heterocycles. The molecule has 128 valence electrons. The van der Waals surface area contributed by atoms with E-state index in [-0.39, 0.29) is 18.0 Å². The number of anilines is 1. The highest BCUT2D eigenvalue weighted by atomic mass is 35.5. The number of halogens is 2. The molecule has 2 aromatic carbocycles. The first-order valence-electron chi connectivity index (χ1n) is 7.14. The van der Waals surface area contributed by atoms with Crippen LogP contribution in [-0.2, 0) is 14.8 Å². The van der Waals surface area contributed by atoms with Crippen LogP contribution < -0.4 is 5.32 Å². The maximum atomic E-state index is 13.0. The highest BCUT2D eigenvalue weighted by Crippen LogP contribution is 2.21. The van der Waals surface area contributed by atoms with E-state index < -0.39 is 21.7 Å². The summed E-state index contributed by atoms with van der Waals surface area (Å²) in [4.78, 5) is 12.1. The van der Waals surface area contributed by atoms with E-state index in [1.807, 2.05) is 0 Å². The highest BCUT2D eigenvalue weighted by molar-refractivity contribution is 7.89. The minimum Gasteiger partial charge on any atom is -0.324 e. The van der Waals surface area contributed by atoms with Crippen molar-refractivity contribution in [3.05, 3.63) is 59.4 Å². The van der Waals surface area contributed by atoms with Crippen LogP contribution in [0.5, 0.6) is 0 Å². The molecule has 1 N–H and O–H groups in total. The summed E-state index contributed by atoms with van der Waals surface area (Å²) in [6.45, 7) is 1.33. The Bertz CT molecular complexity index is 825. The van der Waals surface area contributed by atoms with Crippen molar-refractivity contribution >= 4 is 33.2 Å². The summed E-state index contributed by atoms with van der Waals surface area (Å²) in [5.74, 6) is -1.05. The van der Waals surface area contributed by atoms with Crippen LogP contribution in [0.25, 0.3) is 0 Å². The summed E-state index contributed by atoms with van der Waals surface area (Å²) < 4.78 is 39.0. The lowest BCUT2D eigenvalue weighted by Crippen LogP contribution is -2.37. The third kappa shape index (κ3) is 4.31. The van der Waals surface area contributed by atoms with E-state index in [9.17, 15) is 17.6 Å². The van der Waals surface area contributed by atoms with E-state index in [2.05, 4.69) is 5.32 Å². The molecule has 0 saturated carbocycles. The van der Waals surface area contributed by atoms with Crippen molar-refractivity contribution in [2.45, 2.75) is 11.8 Å².